The van der Waals surface area contributed by atoms with Crippen LogP contribution in [0, 0.1) is 6.92 Å². The second kappa shape index (κ2) is 3.37. The highest BCUT2D eigenvalue weighted by molar-refractivity contribution is 9.10. The molecule has 0 fully saturated rings. The third kappa shape index (κ3) is 1.73. The summed E-state index contributed by atoms with van der Waals surface area (Å²) < 4.78 is 0.287. The third-order valence-corrected chi connectivity index (χ3v) is 1.86. The van der Waals surface area contributed by atoms with Crippen LogP contribution in [-0.4, -0.2) is 21.0 Å². The number of carboxylic acid groups (broad SMARTS) is 1. The van der Waals surface area contributed by atoms with Crippen molar-refractivity contribution in [2.45, 2.75) is 6.92 Å². The van der Waals surface area contributed by atoms with Gasteiger partial charge in [0.15, 0.2) is 4.73 Å². The monoisotopic (exact) mass is 250 g/mol. The molecule has 0 bridgehead atoms. The molecule has 4 nitrogen and oxygen atoms in total. The molecule has 1 heterocycles. The molecule has 12 heavy (non-hydrogen) atoms. The van der Waals surface area contributed by atoms with Crippen LogP contribution in [0.2, 0.25) is 5.15 Å². The Balaban J connectivity index is 3.38. The summed E-state index contributed by atoms with van der Waals surface area (Å²) in [5, 5.41) is 8.60. The Morgan fingerprint density at radius 1 is 1.58 bits per heavy atom. The van der Waals surface area contributed by atoms with Crippen LogP contribution >= 0.6 is 27.5 Å². The van der Waals surface area contributed by atoms with Gasteiger partial charge in [-0.25, -0.2) is 14.8 Å². The highest BCUT2D eigenvalue weighted by atomic mass is 79.9. The lowest BCUT2D eigenvalue weighted by atomic mass is 10.2. The number of aromatic nitrogens is 2. The van der Waals surface area contributed by atoms with Gasteiger partial charge < -0.3 is 5.11 Å². The number of carbonyl (C=O) groups is 1. The van der Waals surface area contributed by atoms with Gasteiger partial charge in [0.25, 0.3) is 0 Å². The molecule has 0 aliphatic heterocycles. The molecule has 64 valence electrons. The van der Waals surface area contributed by atoms with Crippen molar-refractivity contribution in [2.24, 2.45) is 0 Å². The number of aromatic carboxylic acids is 1. The van der Waals surface area contributed by atoms with Gasteiger partial charge in [-0.05, 0) is 22.9 Å². The first-order valence-electron chi connectivity index (χ1n) is 2.95. The van der Waals surface area contributed by atoms with Gasteiger partial charge in [0.2, 0.25) is 0 Å². The summed E-state index contributed by atoms with van der Waals surface area (Å²) in [5.41, 5.74) is 0.286. The van der Waals surface area contributed by atoms with Crippen molar-refractivity contribution in [3.05, 3.63) is 21.1 Å². The van der Waals surface area contributed by atoms with E-state index in [1.54, 1.807) is 6.92 Å². The molecule has 1 aromatic rings. The second-order valence-electron chi connectivity index (χ2n) is 2.05. The summed E-state index contributed by atoms with van der Waals surface area (Å²) in [4.78, 5) is 18.0. The molecule has 1 rings (SSSR count). The number of nitrogens with zero attached hydrogens (tertiary/aromatic N) is 2. The van der Waals surface area contributed by atoms with Crippen LogP contribution in [-0.2, 0) is 0 Å². The van der Waals surface area contributed by atoms with Crippen molar-refractivity contribution in [1.82, 2.24) is 9.97 Å². The zero-order valence-electron chi connectivity index (χ0n) is 6.01. The molecule has 6 heteroatoms. The smallest absolute Gasteiger partial charge is 0.340 e. The fraction of sp³-hybridized carbons (Fsp3) is 0.167. The van der Waals surface area contributed by atoms with Gasteiger partial charge in [-0.3, -0.25) is 0 Å². The van der Waals surface area contributed by atoms with Crippen LogP contribution < -0.4 is 0 Å². The number of hydrogen-bond acceptors (Lipinski definition) is 3. The molecule has 0 aliphatic carbocycles. The average Bonchev–Trinajstić information content (AvgIpc) is 1.82. The zero-order chi connectivity index (χ0) is 9.30. The highest BCUT2D eigenvalue weighted by Crippen LogP contribution is 2.18. The van der Waals surface area contributed by atoms with Crippen LogP contribution in [0.1, 0.15) is 16.1 Å². The Morgan fingerprint density at radius 3 is 2.58 bits per heavy atom. The highest BCUT2D eigenvalue weighted by Gasteiger charge is 2.15. The topological polar surface area (TPSA) is 63.1 Å². The van der Waals surface area contributed by atoms with E-state index in [1.165, 1.54) is 0 Å². The van der Waals surface area contributed by atoms with Crippen molar-refractivity contribution in [2.75, 3.05) is 0 Å². The molecule has 0 radical (unpaired) electrons. The van der Waals surface area contributed by atoms with Gasteiger partial charge in [0.1, 0.15) is 10.7 Å². The van der Waals surface area contributed by atoms with Gasteiger partial charge in [-0.2, -0.15) is 0 Å². The Hall–Kier alpha value is -0.680. The number of rotatable bonds is 1. The molecule has 0 amide bonds. The largest absolute Gasteiger partial charge is 0.478 e. The summed E-state index contributed by atoms with van der Waals surface area (Å²) >= 11 is 8.56. The maximum absolute atomic E-state index is 10.6. The summed E-state index contributed by atoms with van der Waals surface area (Å²) in [6.07, 6.45) is 0. The molecule has 0 spiro atoms. The summed E-state index contributed by atoms with van der Waals surface area (Å²) in [6, 6.07) is 0. The molecular formula is C6H4BrClN2O2. The predicted molar refractivity (Wildman–Crippen MR) is 46.4 cm³/mol. The lowest BCUT2D eigenvalue weighted by Crippen LogP contribution is -2.05. The van der Waals surface area contributed by atoms with Gasteiger partial charge in [0.05, 0.1) is 5.69 Å². The van der Waals surface area contributed by atoms with Crippen molar-refractivity contribution in [1.29, 1.82) is 0 Å². The lowest BCUT2D eigenvalue weighted by molar-refractivity contribution is 0.0695. The average molecular weight is 251 g/mol. The van der Waals surface area contributed by atoms with E-state index in [0.717, 1.165) is 0 Å². The standard InChI is InChI=1S/C6H4BrClN2O2/c1-2-3(5(11)12)4(8)10-6(7)9-2/h1H3,(H,11,12). The molecule has 1 aromatic heterocycles. The van der Waals surface area contributed by atoms with E-state index < -0.39 is 5.97 Å². The normalized spacial score (nSPS) is 9.92. The van der Waals surface area contributed by atoms with E-state index in [9.17, 15) is 4.79 Å². The number of halogens is 2. The Bertz CT molecular complexity index is 319. The SMILES string of the molecule is Cc1nc(Br)nc(Cl)c1C(=O)O. The van der Waals surface area contributed by atoms with Gasteiger partial charge in [-0.1, -0.05) is 11.6 Å². The number of aryl methyl sites for hydroxylation is 1. The maximum atomic E-state index is 10.6. The molecule has 0 atom stereocenters. The van der Waals surface area contributed by atoms with E-state index in [0.29, 0.717) is 5.69 Å². The fourth-order valence-corrected chi connectivity index (χ4v) is 1.59. The van der Waals surface area contributed by atoms with Gasteiger partial charge in [-0.15, -0.1) is 0 Å². The van der Waals surface area contributed by atoms with Crippen LogP contribution in [0.25, 0.3) is 0 Å². The number of hydrogen-bond donors (Lipinski definition) is 1. The summed E-state index contributed by atoms with van der Waals surface area (Å²) in [5.74, 6) is -1.12. The number of carboxylic acids is 1. The summed E-state index contributed by atoms with van der Waals surface area (Å²) in [7, 11) is 0. The van der Waals surface area contributed by atoms with Gasteiger partial charge in [0, 0.05) is 0 Å². The predicted octanol–water partition coefficient (Wildman–Crippen LogP) is 1.90. The van der Waals surface area contributed by atoms with E-state index in [1.807, 2.05) is 0 Å². The van der Waals surface area contributed by atoms with Crippen molar-refractivity contribution < 1.29 is 9.90 Å². The van der Waals surface area contributed by atoms with Crippen molar-refractivity contribution in [3.63, 3.8) is 0 Å². The Morgan fingerprint density at radius 2 is 2.17 bits per heavy atom. The Labute approximate surface area is 81.7 Å². The minimum Gasteiger partial charge on any atom is -0.478 e. The van der Waals surface area contributed by atoms with E-state index >= 15 is 0 Å². The fourth-order valence-electron chi connectivity index (χ4n) is 0.748. The third-order valence-electron chi connectivity index (χ3n) is 1.23. The van der Waals surface area contributed by atoms with Gasteiger partial charge >= 0.3 is 5.97 Å². The molecule has 0 aliphatic rings. The molecule has 1 N–H and O–H groups in total. The van der Waals surface area contributed by atoms with Crippen LogP contribution in [0.4, 0.5) is 0 Å². The zero-order valence-corrected chi connectivity index (χ0v) is 8.35. The first-order valence-corrected chi connectivity index (χ1v) is 4.12. The molecule has 0 saturated carbocycles. The Kier molecular flexibility index (Phi) is 2.64. The van der Waals surface area contributed by atoms with Crippen molar-refractivity contribution in [3.8, 4) is 0 Å². The molecular weight excluding hydrogens is 247 g/mol. The first-order chi connectivity index (χ1) is 5.52. The van der Waals surface area contributed by atoms with Crippen molar-refractivity contribution >= 4 is 33.5 Å². The lowest BCUT2D eigenvalue weighted by Gasteiger charge is -2.01. The minimum absolute atomic E-state index is 0.0538. The van der Waals surface area contributed by atoms with Crippen LogP contribution in [0.3, 0.4) is 0 Å². The van der Waals surface area contributed by atoms with E-state index in [4.69, 9.17) is 16.7 Å². The molecule has 0 unspecified atom stereocenters. The van der Waals surface area contributed by atoms with E-state index in [2.05, 4.69) is 25.9 Å². The molecule has 0 saturated heterocycles. The minimum atomic E-state index is -1.12. The molecule has 0 aromatic carbocycles. The van der Waals surface area contributed by atoms with Crippen LogP contribution in [0.5, 0.6) is 0 Å². The summed E-state index contributed by atoms with van der Waals surface area (Å²) in [6.45, 7) is 1.56. The quantitative estimate of drug-likeness (QED) is 0.611. The van der Waals surface area contributed by atoms with Crippen LogP contribution in [0.15, 0.2) is 4.73 Å². The second-order valence-corrected chi connectivity index (χ2v) is 3.12. The maximum Gasteiger partial charge on any atom is 0.340 e. The van der Waals surface area contributed by atoms with E-state index in [-0.39, 0.29) is 15.5 Å². The first kappa shape index (κ1) is 9.41.